The van der Waals surface area contributed by atoms with Gasteiger partial charge in [-0.3, -0.25) is 28.8 Å². The zero-order chi connectivity index (χ0) is 62.2. The monoisotopic (exact) mass is 1210 g/mol. The quantitative estimate of drug-likeness (QED) is 0.0195. The molecular weight excluding hydrogens is 1110 g/mol. The number of aryl methyl sites for hydroxylation is 1. The van der Waals surface area contributed by atoms with Crippen molar-refractivity contribution in [2.24, 2.45) is 5.92 Å². The molecule has 7 atom stereocenters. The van der Waals surface area contributed by atoms with E-state index in [1.165, 1.54) is 0 Å². The second-order valence-electron chi connectivity index (χ2n) is 24.5. The van der Waals surface area contributed by atoms with Crippen LogP contribution in [-0.2, 0) is 52.8 Å². The Morgan fingerprint density at radius 2 is 1.12 bits per heavy atom. The molecule has 0 aromatic heterocycles. The number of nitrogens with one attached hydrogen (secondary N) is 9. The summed E-state index contributed by atoms with van der Waals surface area (Å²) in [6, 6.07) is 26.3. The molecule has 2 aliphatic heterocycles. The Labute approximate surface area is 514 Å². The maximum Gasteiger partial charge on any atom is 0.408 e. The van der Waals surface area contributed by atoms with E-state index in [2.05, 4.69) is 47.9 Å². The van der Waals surface area contributed by atoms with Crippen molar-refractivity contribution in [3.8, 4) is 0 Å². The van der Waals surface area contributed by atoms with E-state index in [0.717, 1.165) is 74.7 Å². The fourth-order valence-electron chi connectivity index (χ4n) is 10.8. The lowest BCUT2D eigenvalue weighted by Crippen LogP contribution is -2.69. The van der Waals surface area contributed by atoms with E-state index in [-0.39, 0.29) is 67.4 Å². The Morgan fingerprint density at radius 3 is 1.66 bits per heavy atom. The number of ether oxygens (including phenoxy) is 1. The molecule has 20 heteroatoms. The molecule has 19 nitrogen and oxygen atoms in total. The number of hydrogen-bond acceptors (Lipinski definition) is 11. The lowest BCUT2D eigenvalue weighted by atomic mass is 9.81. The van der Waals surface area contributed by atoms with Crippen LogP contribution in [0.5, 0.6) is 0 Å². The van der Waals surface area contributed by atoms with Crippen LogP contribution in [0.15, 0.2) is 91.0 Å². The molecule has 0 spiro atoms. The molecule has 474 valence electrons. The number of carbonyl (C=O) groups is 8. The first-order valence-electron chi connectivity index (χ1n) is 31.5. The number of fused-ring (bicyclic) bond motifs is 1. The predicted octanol–water partition coefficient (Wildman–Crippen LogP) is 7.62. The largest absolute Gasteiger partial charge is 0.444 e. The van der Waals surface area contributed by atoms with Gasteiger partial charge in [0.05, 0.1) is 18.2 Å². The summed E-state index contributed by atoms with van der Waals surface area (Å²) in [5, 5.41) is 39.2. The normalized spacial score (nSPS) is 17.1. The smallest absolute Gasteiger partial charge is 0.408 e. The number of alkyl carbamates (subject to hydrolysis) is 1. The molecule has 0 aliphatic carbocycles. The highest BCUT2D eigenvalue weighted by Crippen LogP contribution is 2.33. The molecule has 2 saturated heterocycles. The van der Waals surface area contributed by atoms with Crippen molar-refractivity contribution >= 4 is 59.3 Å². The fourth-order valence-corrected chi connectivity index (χ4v) is 12.4. The maximum absolute atomic E-state index is 15.1. The van der Waals surface area contributed by atoms with Gasteiger partial charge in [0.15, 0.2) is 5.54 Å². The number of amides is 9. The SMILES string of the molecule is CC(C)C[C@H](NC(=O)[C@@](Cc1ccccc1)(NC(=O)OC(C)(C)C)[C@H](O)CCCc1ccccc1)C(=O)NC(Cc1ccccc1)C(=O)NCCCCCNC(=O)CCCCCNC(=O)CCCCCNC(=O)CCCC[C@@H]1SC[C@@H]2NC(=O)N[C@@H]21. The Hall–Kier alpha value is -6.67. The number of benzene rings is 3. The summed E-state index contributed by atoms with van der Waals surface area (Å²) in [4.78, 5) is 106. The van der Waals surface area contributed by atoms with Gasteiger partial charge in [0.25, 0.3) is 0 Å². The molecule has 10 N–H and O–H groups in total. The summed E-state index contributed by atoms with van der Waals surface area (Å²) in [7, 11) is 0. The third kappa shape index (κ3) is 26.5. The van der Waals surface area contributed by atoms with Gasteiger partial charge in [-0.05, 0) is 127 Å². The van der Waals surface area contributed by atoms with Gasteiger partial charge in [0.1, 0.15) is 17.7 Å². The van der Waals surface area contributed by atoms with Crippen molar-refractivity contribution in [2.45, 2.75) is 216 Å². The van der Waals surface area contributed by atoms with Gasteiger partial charge in [-0.15, -0.1) is 0 Å². The first-order chi connectivity index (χ1) is 41.3. The molecule has 2 fully saturated rings. The minimum Gasteiger partial charge on any atom is -0.444 e. The van der Waals surface area contributed by atoms with Gasteiger partial charge in [-0.1, -0.05) is 124 Å². The van der Waals surface area contributed by atoms with Crippen LogP contribution in [-0.4, -0.2) is 131 Å². The molecule has 0 bridgehead atoms. The van der Waals surface area contributed by atoms with E-state index in [9.17, 15) is 38.7 Å². The Morgan fingerprint density at radius 1 is 0.605 bits per heavy atom. The molecule has 3 aromatic carbocycles. The van der Waals surface area contributed by atoms with Crippen LogP contribution in [0.4, 0.5) is 9.59 Å². The fraction of sp³-hybridized carbons (Fsp3) is 0.606. The van der Waals surface area contributed by atoms with Gasteiger partial charge < -0.3 is 57.7 Å². The molecule has 3 aromatic rings. The predicted molar refractivity (Wildman–Crippen MR) is 338 cm³/mol. The van der Waals surface area contributed by atoms with Gasteiger partial charge >= 0.3 is 12.1 Å². The van der Waals surface area contributed by atoms with Crippen LogP contribution >= 0.6 is 11.8 Å². The first-order valence-corrected chi connectivity index (χ1v) is 32.5. The molecule has 5 rings (SSSR count). The molecule has 1 unspecified atom stereocenters. The highest BCUT2D eigenvalue weighted by Gasteiger charge is 2.49. The lowest BCUT2D eigenvalue weighted by Gasteiger charge is -2.39. The maximum atomic E-state index is 15.1. The van der Waals surface area contributed by atoms with Crippen molar-refractivity contribution in [1.29, 1.82) is 0 Å². The molecule has 2 heterocycles. The molecule has 9 amide bonds. The lowest BCUT2D eigenvalue weighted by molar-refractivity contribution is -0.138. The van der Waals surface area contributed by atoms with Crippen molar-refractivity contribution in [3.63, 3.8) is 0 Å². The minimum absolute atomic E-state index is 0.0104. The van der Waals surface area contributed by atoms with Crippen molar-refractivity contribution < 1.29 is 48.2 Å². The zero-order valence-electron chi connectivity index (χ0n) is 51.6. The highest BCUT2D eigenvalue weighted by molar-refractivity contribution is 8.00. The third-order valence-electron chi connectivity index (χ3n) is 15.4. The van der Waals surface area contributed by atoms with E-state index in [1.807, 2.05) is 104 Å². The minimum atomic E-state index is -1.98. The molecule has 0 saturated carbocycles. The number of rotatable bonds is 40. The Bertz CT molecular complexity index is 2560. The number of carbonyl (C=O) groups excluding carboxylic acids is 8. The molecule has 2 aliphatic rings. The zero-order valence-corrected chi connectivity index (χ0v) is 52.4. The summed E-state index contributed by atoms with van der Waals surface area (Å²) in [5.74, 6) is -0.874. The summed E-state index contributed by atoms with van der Waals surface area (Å²) in [6.07, 6.45) is 10.1. The van der Waals surface area contributed by atoms with Crippen LogP contribution in [0.2, 0.25) is 0 Å². The average Bonchev–Trinajstić information content (AvgIpc) is 1.46. The van der Waals surface area contributed by atoms with Gasteiger partial charge in [0, 0.05) is 69.3 Å². The van der Waals surface area contributed by atoms with Crippen LogP contribution in [0.3, 0.4) is 0 Å². The number of thioether (sulfide) groups is 1. The van der Waals surface area contributed by atoms with E-state index >= 15 is 4.79 Å². The number of urea groups is 1. The summed E-state index contributed by atoms with van der Waals surface area (Å²) < 4.78 is 5.69. The summed E-state index contributed by atoms with van der Waals surface area (Å²) in [6.45, 7) is 10.9. The summed E-state index contributed by atoms with van der Waals surface area (Å²) in [5.41, 5.74) is -0.374. The van der Waals surface area contributed by atoms with E-state index in [4.69, 9.17) is 4.74 Å². The number of unbranched alkanes of at least 4 members (excludes halogenated alkanes) is 7. The molecular formula is C66H99N9O10S. The van der Waals surface area contributed by atoms with Gasteiger partial charge in [0.2, 0.25) is 35.4 Å². The number of hydrogen-bond donors (Lipinski definition) is 10. The Kier molecular flexibility index (Phi) is 30.8. The molecule has 0 radical (unpaired) electrons. The standard InChI is InChI=1S/C66H99N9O10S/c1-47(2)43-51(72-62(82)66(45-50-31-16-8-17-32-50,75-64(84)85-65(3,4)5)55(76)35-26-33-48-27-12-6-13-28-48)61(81)71-52(44-49-29-14-7-15-30-49)60(80)70-42-25-11-24-41-69-57(78)37-19-9-22-39-67-56(77)36-18-10-23-40-68-58(79)38-21-20-34-54-59-53(46-86-54)73-63(83)74-59/h6-8,12-17,27-32,47,51-55,59,76H,9-11,18-26,33-46H2,1-5H3,(H,67,77)(H,68,79)(H,69,78)(H,70,80)(H,71,81)(H,72,82)(H,75,84)(H2,73,74,83)/t51-,52?,53-,54-,55+,59-,66-/m0/s1. The third-order valence-corrected chi connectivity index (χ3v) is 16.9. The second kappa shape index (κ2) is 37.8. The average molecular weight is 1210 g/mol. The summed E-state index contributed by atoms with van der Waals surface area (Å²) >= 11 is 1.89. The van der Waals surface area contributed by atoms with E-state index in [0.29, 0.717) is 88.4 Å². The van der Waals surface area contributed by atoms with Crippen LogP contribution in [0.1, 0.15) is 167 Å². The first kappa shape index (κ1) is 70.1. The number of aliphatic hydroxyl groups excluding tert-OH is 1. The van der Waals surface area contributed by atoms with E-state index in [1.54, 1.807) is 32.9 Å². The van der Waals surface area contributed by atoms with Crippen LogP contribution in [0.25, 0.3) is 0 Å². The van der Waals surface area contributed by atoms with Crippen LogP contribution in [0, 0.1) is 5.92 Å². The van der Waals surface area contributed by atoms with Gasteiger partial charge in [-0.25, -0.2) is 9.59 Å². The van der Waals surface area contributed by atoms with E-state index < -0.39 is 53.1 Å². The topological polar surface area (TPSA) is 274 Å². The van der Waals surface area contributed by atoms with Gasteiger partial charge in [-0.2, -0.15) is 11.8 Å². The van der Waals surface area contributed by atoms with Crippen molar-refractivity contribution in [1.82, 2.24) is 47.9 Å². The van der Waals surface area contributed by atoms with Crippen LogP contribution < -0.4 is 47.9 Å². The highest BCUT2D eigenvalue weighted by atomic mass is 32.2. The van der Waals surface area contributed by atoms with Crippen molar-refractivity contribution in [2.75, 3.05) is 31.9 Å². The van der Waals surface area contributed by atoms with Crippen molar-refractivity contribution in [3.05, 3.63) is 108 Å². The molecule has 86 heavy (non-hydrogen) atoms. The number of aliphatic hydroxyl groups is 1. The second-order valence-corrected chi connectivity index (χ2v) is 25.7. The Balaban J connectivity index is 0.998.